The van der Waals surface area contributed by atoms with Crippen molar-refractivity contribution in [3.8, 4) is 0 Å². The molecule has 1 saturated carbocycles. The van der Waals surface area contributed by atoms with E-state index in [1.807, 2.05) is 32.9 Å². The maximum atomic E-state index is 12.0. The van der Waals surface area contributed by atoms with E-state index in [4.69, 9.17) is 10.5 Å². The van der Waals surface area contributed by atoms with E-state index in [1.54, 1.807) is 0 Å². The summed E-state index contributed by atoms with van der Waals surface area (Å²) in [5, 5.41) is 3.05. The van der Waals surface area contributed by atoms with Crippen LogP contribution in [0.5, 0.6) is 0 Å². The number of carbonyl (C=O) groups is 1. The Morgan fingerprint density at radius 3 is 2.41 bits per heavy atom. The van der Waals surface area contributed by atoms with Gasteiger partial charge in [0.1, 0.15) is 5.60 Å². The lowest BCUT2D eigenvalue weighted by molar-refractivity contribution is 0.0484. The Kier molecular flexibility index (Phi) is 7.28. The molecule has 29 heavy (non-hydrogen) atoms. The predicted octanol–water partition coefficient (Wildman–Crippen LogP) is 3.86. The highest BCUT2D eigenvalue weighted by Crippen LogP contribution is 2.26. The molecule has 6 heteroatoms. The van der Waals surface area contributed by atoms with E-state index in [2.05, 4.69) is 27.2 Å². The van der Waals surface area contributed by atoms with Gasteiger partial charge in [0.2, 0.25) is 0 Å². The van der Waals surface area contributed by atoms with E-state index < -0.39 is 5.60 Å². The van der Waals surface area contributed by atoms with Gasteiger partial charge in [0.25, 0.3) is 0 Å². The zero-order valence-electron chi connectivity index (χ0n) is 18.3. The van der Waals surface area contributed by atoms with Crippen LogP contribution >= 0.6 is 0 Å². The van der Waals surface area contributed by atoms with E-state index in [0.717, 1.165) is 44.1 Å². The third-order valence-electron chi connectivity index (χ3n) is 5.93. The Bertz CT molecular complexity index is 648. The number of alkyl carbamates (subject to hydrolysis) is 1. The molecule has 3 N–H and O–H groups in total. The Morgan fingerprint density at radius 1 is 1.07 bits per heavy atom. The topological polar surface area (TPSA) is 70.8 Å². The fourth-order valence-corrected chi connectivity index (χ4v) is 4.43. The smallest absolute Gasteiger partial charge is 0.407 e. The third kappa shape index (κ3) is 7.11. The quantitative estimate of drug-likeness (QED) is 0.748. The van der Waals surface area contributed by atoms with Crippen LogP contribution in [0.1, 0.15) is 52.9 Å². The molecule has 2 aliphatic rings. The van der Waals surface area contributed by atoms with Crippen LogP contribution in [-0.4, -0.2) is 55.4 Å². The van der Waals surface area contributed by atoms with Crippen molar-refractivity contribution in [2.75, 3.05) is 43.4 Å². The molecule has 6 nitrogen and oxygen atoms in total. The second-order valence-corrected chi connectivity index (χ2v) is 9.60. The highest BCUT2D eigenvalue weighted by atomic mass is 16.6. The summed E-state index contributed by atoms with van der Waals surface area (Å²) in [4.78, 5) is 17.1. The van der Waals surface area contributed by atoms with Gasteiger partial charge in [0, 0.05) is 43.6 Å². The number of rotatable bonds is 4. The van der Waals surface area contributed by atoms with Gasteiger partial charge in [-0.25, -0.2) is 4.79 Å². The van der Waals surface area contributed by atoms with Crippen molar-refractivity contribution in [2.24, 2.45) is 5.92 Å². The Labute approximate surface area is 175 Å². The lowest BCUT2D eigenvalue weighted by Crippen LogP contribution is -2.42. The second-order valence-electron chi connectivity index (χ2n) is 9.60. The molecule has 0 aromatic heterocycles. The maximum Gasteiger partial charge on any atom is 0.407 e. The predicted molar refractivity (Wildman–Crippen MR) is 119 cm³/mol. The Morgan fingerprint density at radius 2 is 1.76 bits per heavy atom. The molecule has 1 amide bonds. The first-order chi connectivity index (χ1) is 13.8. The average molecular weight is 403 g/mol. The monoisotopic (exact) mass is 402 g/mol. The number of nitrogens with two attached hydrogens (primary N) is 1. The van der Waals surface area contributed by atoms with Crippen LogP contribution in [0.4, 0.5) is 16.2 Å². The molecule has 1 aromatic rings. The van der Waals surface area contributed by atoms with Crippen molar-refractivity contribution in [2.45, 2.75) is 64.5 Å². The number of amides is 1. The van der Waals surface area contributed by atoms with Crippen LogP contribution in [-0.2, 0) is 4.74 Å². The Hall–Kier alpha value is -1.95. The van der Waals surface area contributed by atoms with Gasteiger partial charge in [-0.3, -0.25) is 0 Å². The number of carbonyl (C=O) groups excluding carboxylic acids is 1. The van der Waals surface area contributed by atoms with Crippen LogP contribution in [0.15, 0.2) is 24.3 Å². The summed E-state index contributed by atoms with van der Waals surface area (Å²) in [7, 11) is 0. The van der Waals surface area contributed by atoms with Crippen molar-refractivity contribution < 1.29 is 9.53 Å². The highest BCUT2D eigenvalue weighted by molar-refractivity contribution is 5.68. The third-order valence-corrected chi connectivity index (χ3v) is 5.93. The largest absolute Gasteiger partial charge is 0.444 e. The van der Waals surface area contributed by atoms with Crippen LogP contribution < -0.4 is 16.0 Å². The molecular formula is C23H38N4O2. The zero-order chi connectivity index (χ0) is 20.9. The number of nitrogens with one attached hydrogen (secondary N) is 1. The van der Waals surface area contributed by atoms with Gasteiger partial charge in [-0.05, 0) is 89.6 Å². The number of anilines is 2. The average Bonchev–Trinajstić information content (AvgIpc) is 2.88. The minimum atomic E-state index is -0.436. The van der Waals surface area contributed by atoms with Crippen molar-refractivity contribution in [1.82, 2.24) is 10.2 Å². The normalized spacial score (nSPS) is 24.0. The van der Waals surface area contributed by atoms with Crippen molar-refractivity contribution in [1.29, 1.82) is 0 Å². The SMILES string of the molecule is CC(C)(C)OC(=O)NC1CCC(CN2CCCN(c3ccc(N)cc3)CC2)CC1. The lowest BCUT2D eigenvalue weighted by Gasteiger charge is -2.33. The second kappa shape index (κ2) is 9.70. The number of hydrogen-bond donors (Lipinski definition) is 2. The van der Waals surface area contributed by atoms with E-state index in [-0.39, 0.29) is 12.1 Å². The maximum absolute atomic E-state index is 12.0. The summed E-state index contributed by atoms with van der Waals surface area (Å²) in [6.45, 7) is 11.3. The van der Waals surface area contributed by atoms with Crippen LogP contribution in [0.2, 0.25) is 0 Å². The van der Waals surface area contributed by atoms with Crippen molar-refractivity contribution in [3.05, 3.63) is 24.3 Å². The van der Waals surface area contributed by atoms with Gasteiger partial charge >= 0.3 is 6.09 Å². The first-order valence-corrected chi connectivity index (χ1v) is 11.1. The summed E-state index contributed by atoms with van der Waals surface area (Å²) in [6.07, 6.45) is 5.37. The summed E-state index contributed by atoms with van der Waals surface area (Å²) in [5.41, 5.74) is 7.48. The molecule has 0 atom stereocenters. The molecule has 0 radical (unpaired) electrons. The number of benzene rings is 1. The van der Waals surface area contributed by atoms with Crippen LogP contribution in [0.25, 0.3) is 0 Å². The number of nitrogens with zero attached hydrogens (tertiary/aromatic N) is 2. The Balaban J connectivity index is 1.39. The summed E-state index contributed by atoms with van der Waals surface area (Å²) in [6, 6.07) is 8.49. The van der Waals surface area contributed by atoms with Crippen molar-refractivity contribution >= 4 is 17.5 Å². The molecule has 1 heterocycles. The van der Waals surface area contributed by atoms with Gasteiger partial charge in [0.05, 0.1) is 0 Å². The number of hydrogen-bond acceptors (Lipinski definition) is 5. The first kappa shape index (κ1) is 21.8. The van der Waals surface area contributed by atoms with Gasteiger partial charge in [-0.2, -0.15) is 0 Å². The fraction of sp³-hybridized carbons (Fsp3) is 0.696. The molecule has 0 bridgehead atoms. The number of nitrogen functional groups attached to an aromatic ring is 1. The molecule has 0 unspecified atom stereocenters. The fourth-order valence-electron chi connectivity index (χ4n) is 4.43. The molecule has 1 aromatic carbocycles. The van der Waals surface area contributed by atoms with Crippen molar-refractivity contribution in [3.63, 3.8) is 0 Å². The van der Waals surface area contributed by atoms with Crippen LogP contribution in [0.3, 0.4) is 0 Å². The minimum absolute atomic E-state index is 0.256. The first-order valence-electron chi connectivity index (χ1n) is 11.1. The zero-order valence-corrected chi connectivity index (χ0v) is 18.3. The van der Waals surface area contributed by atoms with Crippen LogP contribution in [0, 0.1) is 5.92 Å². The van der Waals surface area contributed by atoms with Gasteiger partial charge in [-0.15, -0.1) is 0 Å². The van der Waals surface area contributed by atoms with Gasteiger partial charge in [-0.1, -0.05) is 0 Å². The van der Waals surface area contributed by atoms with E-state index >= 15 is 0 Å². The molecule has 1 aliphatic carbocycles. The lowest BCUT2D eigenvalue weighted by atomic mass is 9.85. The molecule has 1 aliphatic heterocycles. The minimum Gasteiger partial charge on any atom is -0.444 e. The van der Waals surface area contributed by atoms with E-state index in [1.165, 1.54) is 38.0 Å². The summed E-state index contributed by atoms with van der Waals surface area (Å²) < 4.78 is 5.39. The number of ether oxygens (including phenoxy) is 1. The summed E-state index contributed by atoms with van der Waals surface area (Å²) >= 11 is 0. The van der Waals surface area contributed by atoms with Gasteiger partial charge < -0.3 is 25.6 Å². The van der Waals surface area contributed by atoms with E-state index in [9.17, 15) is 4.79 Å². The molecule has 0 spiro atoms. The standard InChI is InChI=1S/C23H38N4O2/c1-23(2,3)29-22(28)25-20-9-5-18(6-10-20)17-26-13-4-14-27(16-15-26)21-11-7-19(24)8-12-21/h7-8,11-12,18,20H,4-6,9-10,13-17,24H2,1-3H3,(H,25,28). The molecule has 1 saturated heterocycles. The molecular weight excluding hydrogens is 364 g/mol. The summed E-state index contributed by atoms with van der Waals surface area (Å²) in [5.74, 6) is 0.731. The highest BCUT2D eigenvalue weighted by Gasteiger charge is 2.26. The molecule has 162 valence electrons. The van der Waals surface area contributed by atoms with Gasteiger partial charge in [0.15, 0.2) is 0 Å². The van der Waals surface area contributed by atoms with E-state index in [0.29, 0.717) is 0 Å². The molecule has 2 fully saturated rings. The molecule has 3 rings (SSSR count).